The minimum absolute atomic E-state index is 0.0978. The second kappa shape index (κ2) is 10.5. The summed E-state index contributed by atoms with van der Waals surface area (Å²) in [6.07, 6.45) is 2.37. The number of ether oxygens (including phenoxy) is 2. The summed E-state index contributed by atoms with van der Waals surface area (Å²) in [5.74, 6) is 2.18. The summed E-state index contributed by atoms with van der Waals surface area (Å²) >= 11 is 0. The molecule has 7 heteroatoms. The van der Waals surface area contributed by atoms with Gasteiger partial charge in [0.15, 0.2) is 0 Å². The van der Waals surface area contributed by atoms with E-state index in [1.54, 1.807) is 19.2 Å². The van der Waals surface area contributed by atoms with Crippen LogP contribution in [0.3, 0.4) is 0 Å². The summed E-state index contributed by atoms with van der Waals surface area (Å²) in [6.45, 7) is 6.75. The molecule has 0 spiro atoms. The smallest absolute Gasteiger partial charge is 0.251 e. The molecule has 1 aliphatic heterocycles. The van der Waals surface area contributed by atoms with E-state index in [0.717, 1.165) is 41.4 Å². The number of carbonyl (C=O) groups excluding carboxylic acids is 1. The molecule has 1 unspecified atom stereocenters. The van der Waals surface area contributed by atoms with Crippen LogP contribution in [0, 0.1) is 13.8 Å². The van der Waals surface area contributed by atoms with Crippen LogP contribution in [0.4, 0.5) is 0 Å². The second-order valence-electron chi connectivity index (χ2n) is 8.36. The Bertz CT molecular complexity index is 1050. The third-order valence-corrected chi connectivity index (χ3v) is 6.20. The van der Waals surface area contributed by atoms with Crippen molar-refractivity contribution in [2.24, 2.45) is 0 Å². The van der Waals surface area contributed by atoms with Crippen molar-refractivity contribution in [3.05, 3.63) is 76.7 Å². The monoisotopic (exact) mass is 449 g/mol. The number of hydrogen-bond donors (Lipinski definition) is 1. The molecule has 174 valence electrons. The summed E-state index contributed by atoms with van der Waals surface area (Å²) in [6, 6.07) is 15.4. The first-order chi connectivity index (χ1) is 16.0. The van der Waals surface area contributed by atoms with Crippen LogP contribution < -0.4 is 14.8 Å². The van der Waals surface area contributed by atoms with Crippen LogP contribution in [0.2, 0.25) is 0 Å². The lowest BCUT2D eigenvalue weighted by atomic mass is 10.0. The van der Waals surface area contributed by atoms with Gasteiger partial charge in [-0.25, -0.2) is 0 Å². The molecule has 0 aliphatic carbocycles. The lowest BCUT2D eigenvalue weighted by molar-refractivity contribution is 0.0938. The molecule has 1 atom stereocenters. The number of rotatable bonds is 9. The van der Waals surface area contributed by atoms with E-state index < -0.39 is 0 Å². The molecule has 7 nitrogen and oxygen atoms in total. The minimum Gasteiger partial charge on any atom is -0.497 e. The van der Waals surface area contributed by atoms with Crippen molar-refractivity contribution < 1.29 is 18.8 Å². The summed E-state index contributed by atoms with van der Waals surface area (Å²) in [5.41, 5.74) is 3.53. The van der Waals surface area contributed by atoms with Crippen LogP contribution in [0.1, 0.15) is 51.8 Å². The lowest BCUT2D eigenvalue weighted by Crippen LogP contribution is -2.36. The Morgan fingerprint density at radius 2 is 1.88 bits per heavy atom. The number of aryl methyl sites for hydroxylation is 2. The van der Waals surface area contributed by atoms with Gasteiger partial charge in [-0.3, -0.25) is 9.69 Å². The van der Waals surface area contributed by atoms with E-state index in [4.69, 9.17) is 14.0 Å². The Balaban J connectivity index is 1.38. The fourth-order valence-corrected chi connectivity index (χ4v) is 4.22. The Hall–Kier alpha value is -3.32. The number of methoxy groups -OCH3 is 1. The van der Waals surface area contributed by atoms with Crippen molar-refractivity contribution in [3.8, 4) is 11.5 Å². The predicted octanol–water partition coefficient (Wildman–Crippen LogP) is 4.45. The molecule has 33 heavy (non-hydrogen) atoms. The Morgan fingerprint density at radius 1 is 1.12 bits per heavy atom. The van der Waals surface area contributed by atoms with Crippen LogP contribution in [0.15, 0.2) is 53.1 Å². The van der Waals surface area contributed by atoms with Crippen LogP contribution in [0.25, 0.3) is 0 Å². The van der Waals surface area contributed by atoms with Crippen LogP contribution >= 0.6 is 0 Å². The zero-order chi connectivity index (χ0) is 23.2. The highest BCUT2D eigenvalue weighted by molar-refractivity contribution is 5.94. The van der Waals surface area contributed by atoms with Gasteiger partial charge in [0.25, 0.3) is 5.91 Å². The zero-order valence-electron chi connectivity index (χ0n) is 19.5. The number of nitrogens with zero attached hydrogens (tertiary/aromatic N) is 2. The molecular formula is C26H31N3O4. The summed E-state index contributed by atoms with van der Waals surface area (Å²) < 4.78 is 16.4. The quantitative estimate of drug-likeness (QED) is 0.520. The van der Waals surface area contributed by atoms with E-state index in [9.17, 15) is 4.79 Å². The van der Waals surface area contributed by atoms with Gasteiger partial charge in [-0.15, -0.1) is 0 Å². The van der Waals surface area contributed by atoms with Gasteiger partial charge in [-0.2, -0.15) is 0 Å². The van der Waals surface area contributed by atoms with Crippen LogP contribution in [-0.4, -0.2) is 42.7 Å². The van der Waals surface area contributed by atoms with E-state index in [2.05, 4.69) is 27.5 Å². The third-order valence-electron chi connectivity index (χ3n) is 6.20. The van der Waals surface area contributed by atoms with Crippen molar-refractivity contribution in [2.75, 3.05) is 26.7 Å². The van der Waals surface area contributed by atoms with E-state index in [1.165, 1.54) is 12.8 Å². The van der Waals surface area contributed by atoms with E-state index in [0.29, 0.717) is 24.5 Å². The van der Waals surface area contributed by atoms with E-state index in [1.807, 2.05) is 38.1 Å². The van der Waals surface area contributed by atoms with E-state index >= 15 is 0 Å². The maximum atomic E-state index is 12.8. The number of benzene rings is 2. The van der Waals surface area contributed by atoms with Gasteiger partial charge >= 0.3 is 0 Å². The molecule has 0 bridgehead atoms. The summed E-state index contributed by atoms with van der Waals surface area (Å²) in [4.78, 5) is 15.3. The number of aromatic nitrogens is 1. The number of amides is 1. The molecule has 2 heterocycles. The van der Waals surface area contributed by atoms with Crippen molar-refractivity contribution in [1.29, 1.82) is 0 Å². The average molecular weight is 450 g/mol. The normalized spacial score (nSPS) is 14.8. The van der Waals surface area contributed by atoms with Gasteiger partial charge in [0, 0.05) is 12.1 Å². The topological polar surface area (TPSA) is 76.8 Å². The highest BCUT2D eigenvalue weighted by Gasteiger charge is 2.24. The maximum absolute atomic E-state index is 12.8. The first-order valence-electron chi connectivity index (χ1n) is 11.4. The first-order valence-corrected chi connectivity index (χ1v) is 11.4. The zero-order valence-corrected chi connectivity index (χ0v) is 19.5. The van der Waals surface area contributed by atoms with Gasteiger partial charge < -0.3 is 19.3 Å². The van der Waals surface area contributed by atoms with Crippen molar-refractivity contribution in [1.82, 2.24) is 15.4 Å². The highest BCUT2D eigenvalue weighted by Crippen LogP contribution is 2.27. The molecule has 4 rings (SSSR count). The molecule has 3 aromatic rings. The number of hydrogen-bond acceptors (Lipinski definition) is 6. The van der Waals surface area contributed by atoms with Gasteiger partial charge in [0.1, 0.15) is 23.9 Å². The molecular weight excluding hydrogens is 418 g/mol. The standard InChI is InChI=1S/C26H31N3O4/c1-18-24(19(2)33-28-18)17-32-22-11-9-20(10-12-22)26(30)27-16-25(29-13-4-5-14-29)21-7-6-8-23(15-21)31-3/h6-12,15,25H,4-5,13-14,16-17H2,1-3H3,(H,27,30). The minimum atomic E-state index is -0.0978. The predicted molar refractivity (Wildman–Crippen MR) is 126 cm³/mol. The molecule has 1 N–H and O–H groups in total. The number of nitrogens with one attached hydrogen (secondary N) is 1. The molecule has 1 aliphatic rings. The SMILES string of the molecule is COc1cccc(C(CNC(=O)c2ccc(OCc3c(C)noc3C)cc2)N2CCCC2)c1. The third kappa shape index (κ3) is 5.54. The number of carbonyl (C=O) groups is 1. The second-order valence-corrected chi connectivity index (χ2v) is 8.36. The van der Waals surface area contributed by atoms with Crippen LogP contribution in [-0.2, 0) is 6.61 Å². The fraction of sp³-hybridized carbons (Fsp3) is 0.385. The largest absolute Gasteiger partial charge is 0.497 e. The van der Waals surface area contributed by atoms with E-state index in [-0.39, 0.29) is 11.9 Å². The molecule has 1 fully saturated rings. The van der Waals surface area contributed by atoms with Crippen molar-refractivity contribution >= 4 is 5.91 Å². The first kappa shape index (κ1) is 22.9. The fourth-order valence-electron chi connectivity index (χ4n) is 4.22. The van der Waals surface area contributed by atoms with Crippen LogP contribution in [0.5, 0.6) is 11.5 Å². The molecule has 1 aromatic heterocycles. The molecule has 0 saturated carbocycles. The van der Waals surface area contributed by atoms with Crippen molar-refractivity contribution in [3.63, 3.8) is 0 Å². The lowest BCUT2D eigenvalue weighted by Gasteiger charge is -2.28. The molecule has 2 aromatic carbocycles. The van der Waals surface area contributed by atoms with Gasteiger partial charge in [0.05, 0.1) is 24.4 Å². The highest BCUT2D eigenvalue weighted by atomic mass is 16.5. The summed E-state index contributed by atoms with van der Waals surface area (Å²) in [5, 5.41) is 7.06. The van der Waals surface area contributed by atoms with Gasteiger partial charge in [0.2, 0.25) is 0 Å². The van der Waals surface area contributed by atoms with Crippen molar-refractivity contribution in [2.45, 2.75) is 39.3 Å². The molecule has 1 amide bonds. The Kier molecular flexibility index (Phi) is 7.29. The molecule has 0 radical (unpaired) electrons. The average Bonchev–Trinajstić information content (AvgIpc) is 3.48. The molecule has 1 saturated heterocycles. The number of likely N-dealkylation sites (tertiary alicyclic amines) is 1. The maximum Gasteiger partial charge on any atom is 0.251 e. The van der Waals surface area contributed by atoms with Gasteiger partial charge in [-0.05, 0) is 81.7 Å². The Labute approximate surface area is 194 Å². The summed E-state index contributed by atoms with van der Waals surface area (Å²) in [7, 11) is 1.67. The van der Waals surface area contributed by atoms with Gasteiger partial charge in [-0.1, -0.05) is 17.3 Å². The Morgan fingerprint density at radius 3 is 2.55 bits per heavy atom.